The van der Waals surface area contributed by atoms with E-state index in [1.54, 1.807) is 30.0 Å². The highest BCUT2D eigenvalue weighted by atomic mass is 32.2. The third kappa shape index (κ3) is 4.21. The topological polar surface area (TPSA) is 118 Å². The van der Waals surface area contributed by atoms with Gasteiger partial charge in [0.15, 0.2) is 26.3 Å². The zero-order valence-corrected chi connectivity index (χ0v) is 21.0. The van der Waals surface area contributed by atoms with Crippen molar-refractivity contribution in [3.63, 3.8) is 0 Å². The summed E-state index contributed by atoms with van der Waals surface area (Å²) in [6.45, 7) is 4.16. The minimum absolute atomic E-state index is 0.00549. The number of carbonyl (C=O) groups is 1. The Morgan fingerprint density at radius 2 is 2.11 bits per heavy atom. The fraction of sp³-hybridized carbons (Fsp3) is 0.435. The van der Waals surface area contributed by atoms with Gasteiger partial charge in [0.05, 0.1) is 5.75 Å². The van der Waals surface area contributed by atoms with Crippen LogP contribution in [-0.2, 0) is 27.5 Å². The maximum Gasteiger partial charge on any atom is 0.412 e. The largest absolute Gasteiger partial charge is 0.443 e. The van der Waals surface area contributed by atoms with Crippen LogP contribution in [0.3, 0.4) is 0 Å². The fourth-order valence-corrected chi connectivity index (χ4v) is 5.31. The number of alkyl halides is 2. The summed E-state index contributed by atoms with van der Waals surface area (Å²) >= 11 is 0. The molecule has 1 aliphatic carbocycles. The summed E-state index contributed by atoms with van der Waals surface area (Å²) in [4.78, 5) is 22.4. The van der Waals surface area contributed by atoms with E-state index in [1.807, 2.05) is 6.92 Å². The standard InChI is InChI=1S/C23H26F2N6O4S/c1-5-36(33,34)20-17(19-28-15-10-13(23(3,24)25)12-26-18(15)30(19)4)29-16-11-14(6-9-31(16)20)27-21(32)35-22(2)7-8-22/h6,9-12,16,29H,5,7-8H2,1-4H3,(H,27,32). The smallest absolute Gasteiger partial charge is 0.412 e. The van der Waals surface area contributed by atoms with Crippen molar-refractivity contribution in [2.75, 3.05) is 5.75 Å². The number of carbonyl (C=O) groups excluding carboxylic acids is 1. The molecule has 2 aromatic rings. The SMILES string of the molecule is CCS(=O)(=O)C1=C(c2nc3cc(C(C)(F)F)cnc3n2C)NC2C=C(NC(=O)OC3(C)CC3)C=CN12. The number of hydrogen-bond donors (Lipinski definition) is 2. The first-order chi connectivity index (χ1) is 16.8. The van der Waals surface area contributed by atoms with E-state index in [1.165, 1.54) is 17.9 Å². The van der Waals surface area contributed by atoms with Gasteiger partial charge in [-0.1, -0.05) is 6.92 Å². The molecule has 0 aromatic carbocycles. The van der Waals surface area contributed by atoms with Crippen LogP contribution < -0.4 is 10.6 Å². The average molecular weight is 521 g/mol. The lowest BCUT2D eigenvalue weighted by Crippen LogP contribution is -2.38. The number of halogens is 2. The predicted octanol–water partition coefficient (Wildman–Crippen LogP) is 3.06. The molecule has 36 heavy (non-hydrogen) atoms. The van der Waals surface area contributed by atoms with Gasteiger partial charge in [-0.3, -0.25) is 5.32 Å². The van der Waals surface area contributed by atoms with Gasteiger partial charge in [-0.2, -0.15) is 0 Å². The van der Waals surface area contributed by atoms with Crippen LogP contribution in [0, 0.1) is 0 Å². The Hall–Kier alpha value is -3.48. The van der Waals surface area contributed by atoms with Crippen molar-refractivity contribution >= 4 is 32.8 Å². The minimum Gasteiger partial charge on any atom is -0.443 e. The van der Waals surface area contributed by atoms with Crippen molar-refractivity contribution in [2.45, 2.75) is 51.3 Å². The Balaban J connectivity index is 1.52. The van der Waals surface area contributed by atoms with Crippen molar-refractivity contribution in [1.29, 1.82) is 0 Å². The quantitative estimate of drug-likeness (QED) is 0.597. The molecule has 10 nitrogen and oxygen atoms in total. The van der Waals surface area contributed by atoms with E-state index in [2.05, 4.69) is 20.6 Å². The highest BCUT2D eigenvalue weighted by molar-refractivity contribution is 7.95. The van der Waals surface area contributed by atoms with Crippen LogP contribution >= 0.6 is 0 Å². The molecule has 0 radical (unpaired) electrons. The van der Waals surface area contributed by atoms with Crippen molar-refractivity contribution in [2.24, 2.45) is 7.05 Å². The second-order valence-corrected chi connectivity index (χ2v) is 11.6. The lowest BCUT2D eigenvalue weighted by atomic mass is 10.2. The van der Waals surface area contributed by atoms with Gasteiger partial charge in [0.2, 0.25) is 0 Å². The number of amides is 1. The molecular formula is C23H26F2N6O4S. The van der Waals surface area contributed by atoms with Gasteiger partial charge >= 0.3 is 6.09 Å². The third-order valence-electron chi connectivity index (χ3n) is 6.45. The number of allylic oxidation sites excluding steroid dienone is 1. The molecule has 1 fully saturated rings. The van der Waals surface area contributed by atoms with E-state index in [0.717, 1.165) is 26.0 Å². The number of fused-ring (bicyclic) bond motifs is 2. The van der Waals surface area contributed by atoms with E-state index in [4.69, 9.17) is 4.74 Å². The van der Waals surface area contributed by atoms with Crippen LogP contribution in [-0.4, -0.2) is 51.5 Å². The van der Waals surface area contributed by atoms with E-state index >= 15 is 0 Å². The van der Waals surface area contributed by atoms with Crippen molar-refractivity contribution < 1.29 is 26.7 Å². The van der Waals surface area contributed by atoms with Gasteiger partial charge in [-0.15, -0.1) is 0 Å². The van der Waals surface area contributed by atoms with Gasteiger partial charge < -0.3 is 19.5 Å². The molecule has 192 valence electrons. The first-order valence-corrected chi connectivity index (χ1v) is 13.1. The van der Waals surface area contributed by atoms with Crippen molar-refractivity contribution in [3.05, 3.63) is 52.7 Å². The van der Waals surface area contributed by atoms with Gasteiger partial charge in [-0.05, 0) is 38.0 Å². The lowest BCUT2D eigenvalue weighted by Gasteiger charge is -2.26. The number of sulfone groups is 1. The minimum atomic E-state index is -3.75. The monoisotopic (exact) mass is 520 g/mol. The maximum absolute atomic E-state index is 13.8. The molecule has 4 heterocycles. The van der Waals surface area contributed by atoms with Gasteiger partial charge in [0, 0.05) is 37.6 Å². The molecule has 5 rings (SSSR count). The van der Waals surface area contributed by atoms with Crippen molar-refractivity contribution in [3.8, 4) is 0 Å². The summed E-state index contributed by atoms with van der Waals surface area (Å²) in [5.41, 5.74) is 0.462. The molecule has 0 spiro atoms. The molecule has 1 atom stereocenters. The van der Waals surface area contributed by atoms with Gasteiger partial charge in [0.25, 0.3) is 5.92 Å². The van der Waals surface area contributed by atoms with E-state index in [-0.39, 0.29) is 33.4 Å². The number of nitrogens with zero attached hydrogens (tertiary/aromatic N) is 4. The predicted molar refractivity (Wildman–Crippen MR) is 128 cm³/mol. The Labute approximate surface area is 206 Å². The molecular weight excluding hydrogens is 494 g/mol. The van der Waals surface area contributed by atoms with Crippen LogP contribution in [0.25, 0.3) is 16.9 Å². The third-order valence-corrected chi connectivity index (χ3v) is 8.21. The summed E-state index contributed by atoms with van der Waals surface area (Å²) in [6.07, 6.45) is 6.26. The van der Waals surface area contributed by atoms with Crippen molar-refractivity contribution in [1.82, 2.24) is 30.1 Å². The number of aromatic nitrogens is 3. The number of ether oxygens (including phenoxy) is 1. The van der Waals surface area contributed by atoms with Crippen LogP contribution in [0.5, 0.6) is 0 Å². The number of pyridine rings is 1. The number of aryl methyl sites for hydroxylation is 1. The zero-order valence-electron chi connectivity index (χ0n) is 20.2. The summed E-state index contributed by atoms with van der Waals surface area (Å²) in [6, 6.07) is 1.25. The second-order valence-electron chi connectivity index (χ2n) is 9.43. The Bertz CT molecular complexity index is 1470. The van der Waals surface area contributed by atoms with Crippen LogP contribution in [0.4, 0.5) is 13.6 Å². The molecule has 3 aliphatic rings. The molecule has 13 heteroatoms. The molecule has 1 amide bonds. The van der Waals surface area contributed by atoms with Crippen LogP contribution in [0.15, 0.2) is 41.3 Å². The highest BCUT2D eigenvalue weighted by Crippen LogP contribution is 2.39. The normalized spacial score (nSPS) is 20.8. The number of alkyl carbamates (subject to hydrolysis) is 1. The van der Waals surface area contributed by atoms with Gasteiger partial charge in [0.1, 0.15) is 23.0 Å². The summed E-state index contributed by atoms with van der Waals surface area (Å²) in [5, 5.41) is 5.83. The number of rotatable bonds is 6. The van der Waals surface area contributed by atoms with E-state index < -0.39 is 33.6 Å². The average Bonchev–Trinajstić information content (AvgIpc) is 3.25. The van der Waals surface area contributed by atoms with Gasteiger partial charge in [-0.25, -0.2) is 32.0 Å². The summed E-state index contributed by atoms with van der Waals surface area (Å²) < 4.78 is 60.9. The maximum atomic E-state index is 13.8. The second kappa shape index (κ2) is 8.02. The Morgan fingerprint density at radius 1 is 1.39 bits per heavy atom. The Morgan fingerprint density at radius 3 is 2.75 bits per heavy atom. The molecule has 1 unspecified atom stereocenters. The van der Waals surface area contributed by atoms with E-state index in [0.29, 0.717) is 11.3 Å². The molecule has 0 bridgehead atoms. The summed E-state index contributed by atoms with van der Waals surface area (Å²) in [7, 11) is -2.12. The zero-order chi connectivity index (χ0) is 26.0. The van der Waals surface area contributed by atoms with Crippen LogP contribution in [0.1, 0.15) is 45.0 Å². The fourth-order valence-electron chi connectivity index (χ4n) is 4.08. The number of imidazole rings is 1. The number of hydrogen-bond acceptors (Lipinski definition) is 8. The molecule has 2 N–H and O–H groups in total. The number of nitrogens with one attached hydrogen (secondary N) is 2. The Kier molecular flexibility index (Phi) is 5.39. The summed E-state index contributed by atoms with van der Waals surface area (Å²) in [5.74, 6) is -3.04. The van der Waals surface area contributed by atoms with Crippen LogP contribution in [0.2, 0.25) is 0 Å². The molecule has 2 aliphatic heterocycles. The molecule has 0 saturated heterocycles. The first-order valence-electron chi connectivity index (χ1n) is 11.4. The molecule has 1 saturated carbocycles. The lowest BCUT2D eigenvalue weighted by molar-refractivity contribution is 0.0172. The molecule has 2 aromatic heterocycles. The highest BCUT2D eigenvalue weighted by Gasteiger charge is 2.43. The van der Waals surface area contributed by atoms with E-state index in [9.17, 15) is 22.0 Å². The first kappa shape index (κ1) is 24.2.